The Morgan fingerprint density at radius 3 is 2.89 bits per heavy atom. The second-order valence-corrected chi connectivity index (χ2v) is 5.75. The minimum atomic E-state index is -0.106. The fraction of sp³-hybridized carbons (Fsp3) is 0.625. The zero-order chi connectivity index (χ0) is 13.2. The number of hydrogen-bond acceptors (Lipinski definition) is 2. The molecule has 0 amide bonds. The third kappa shape index (κ3) is 2.98. The van der Waals surface area contributed by atoms with Gasteiger partial charge in [-0.05, 0) is 55.5 Å². The van der Waals surface area contributed by atoms with E-state index in [0.29, 0.717) is 6.04 Å². The minimum Gasteiger partial charge on any atom is -0.309 e. The first-order valence-corrected chi connectivity index (χ1v) is 7.53. The van der Waals surface area contributed by atoms with Crippen LogP contribution in [0.2, 0.25) is 0 Å². The number of benzene rings is 1. The van der Waals surface area contributed by atoms with E-state index >= 15 is 0 Å². The van der Waals surface area contributed by atoms with Crippen molar-refractivity contribution >= 4 is 0 Å². The molecule has 1 saturated carbocycles. The van der Waals surface area contributed by atoms with Crippen molar-refractivity contribution in [3.8, 4) is 0 Å². The Morgan fingerprint density at radius 1 is 1.32 bits per heavy atom. The largest absolute Gasteiger partial charge is 0.309 e. The number of halogens is 1. The number of rotatable bonds is 6. The maximum Gasteiger partial charge on any atom is 0.123 e. The van der Waals surface area contributed by atoms with Crippen molar-refractivity contribution < 1.29 is 4.39 Å². The first-order valence-electron chi connectivity index (χ1n) is 7.53. The lowest BCUT2D eigenvalue weighted by Gasteiger charge is -2.22. The summed E-state index contributed by atoms with van der Waals surface area (Å²) in [5.74, 6) is -0.106. The molecule has 1 aromatic carbocycles. The average Bonchev–Trinajstić information content (AvgIpc) is 3.17. The smallest absolute Gasteiger partial charge is 0.123 e. The van der Waals surface area contributed by atoms with Crippen molar-refractivity contribution in [2.24, 2.45) is 0 Å². The van der Waals surface area contributed by atoms with Gasteiger partial charge in [0.05, 0.1) is 0 Å². The lowest BCUT2D eigenvalue weighted by molar-refractivity contribution is 0.272. The lowest BCUT2D eigenvalue weighted by atomic mass is 10.1. The van der Waals surface area contributed by atoms with Gasteiger partial charge in [0.2, 0.25) is 0 Å². The van der Waals surface area contributed by atoms with Gasteiger partial charge in [-0.25, -0.2) is 4.39 Å². The molecule has 104 valence electrons. The van der Waals surface area contributed by atoms with Gasteiger partial charge >= 0.3 is 0 Å². The van der Waals surface area contributed by atoms with Crippen molar-refractivity contribution in [1.29, 1.82) is 0 Å². The Morgan fingerprint density at radius 2 is 2.16 bits per heavy atom. The molecule has 0 spiro atoms. The highest BCUT2D eigenvalue weighted by Gasteiger charge is 2.28. The fourth-order valence-electron chi connectivity index (χ4n) is 3.22. The van der Waals surface area contributed by atoms with Gasteiger partial charge in [-0.3, -0.25) is 4.90 Å². The van der Waals surface area contributed by atoms with E-state index in [2.05, 4.69) is 17.1 Å². The van der Waals surface area contributed by atoms with Crippen molar-refractivity contribution in [2.75, 3.05) is 19.6 Å². The molecule has 1 N–H and O–H groups in total. The molecule has 0 heterocycles. The topological polar surface area (TPSA) is 15.3 Å². The van der Waals surface area contributed by atoms with Gasteiger partial charge in [0, 0.05) is 25.2 Å². The Labute approximate surface area is 115 Å². The third-order valence-electron chi connectivity index (χ3n) is 4.44. The summed E-state index contributed by atoms with van der Waals surface area (Å²) < 4.78 is 13.2. The summed E-state index contributed by atoms with van der Waals surface area (Å²) in [5, 5.41) is 3.64. The average molecular weight is 262 g/mol. The van der Waals surface area contributed by atoms with Crippen LogP contribution < -0.4 is 5.32 Å². The number of hydrogen-bond donors (Lipinski definition) is 1. The Kier molecular flexibility index (Phi) is 3.85. The molecule has 1 aromatic rings. The van der Waals surface area contributed by atoms with Gasteiger partial charge in [0.15, 0.2) is 0 Å². The van der Waals surface area contributed by atoms with E-state index in [4.69, 9.17) is 0 Å². The van der Waals surface area contributed by atoms with Gasteiger partial charge in [0.1, 0.15) is 5.82 Å². The number of fused-ring (bicyclic) bond motifs is 1. The van der Waals surface area contributed by atoms with E-state index in [1.807, 2.05) is 6.07 Å². The maximum absolute atomic E-state index is 13.2. The molecule has 1 fully saturated rings. The molecule has 1 unspecified atom stereocenters. The molecule has 0 aromatic heterocycles. The summed E-state index contributed by atoms with van der Waals surface area (Å²) in [4.78, 5) is 2.56. The molecule has 0 bridgehead atoms. The number of aryl methyl sites for hydroxylation is 1. The first kappa shape index (κ1) is 13.1. The second kappa shape index (κ2) is 5.59. The summed E-state index contributed by atoms with van der Waals surface area (Å²) in [6, 6.07) is 6.50. The van der Waals surface area contributed by atoms with Crippen LogP contribution in [0.25, 0.3) is 0 Å². The normalized spacial score (nSPS) is 21.9. The van der Waals surface area contributed by atoms with E-state index in [1.165, 1.54) is 24.0 Å². The molecule has 0 saturated heterocycles. The number of nitrogens with one attached hydrogen (secondary N) is 1. The van der Waals surface area contributed by atoms with Crippen LogP contribution in [0.3, 0.4) is 0 Å². The van der Waals surface area contributed by atoms with Gasteiger partial charge < -0.3 is 5.32 Å². The summed E-state index contributed by atoms with van der Waals surface area (Å²) in [6.07, 6.45) is 4.86. The van der Waals surface area contributed by atoms with Crippen LogP contribution in [0.1, 0.15) is 43.4 Å². The van der Waals surface area contributed by atoms with Crippen LogP contribution in [0.15, 0.2) is 18.2 Å². The predicted molar refractivity (Wildman–Crippen MR) is 75.7 cm³/mol. The third-order valence-corrected chi connectivity index (χ3v) is 4.44. The fourth-order valence-corrected chi connectivity index (χ4v) is 3.22. The summed E-state index contributed by atoms with van der Waals surface area (Å²) >= 11 is 0. The van der Waals surface area contributed by atoms with Crippen molar-refractivity contribution in [3.05, 3.63) is 35.1 Å². The molecule has 2 aliphatic rings. The molecule has 3 heteroatoms. The lowest BCUT2D eigenvalue weighted by Crippen LogP contribution is -2.34. The van der Waals surface area contributed by atoms with Crippen LogP contribution >= 0.6 is 0 Å². The highest BCUT2D eigenvalue weighted by molar-refractivity contribution is 5.34. The Bertz CT molecular complexity index is 442. The van der Waals surface area contributed by atoms with Gasteiger partial charge in [0.25, 0.3) is 0 Å². The molecule has 2 nitrogen and oxygen atoms in total. The van der Waals surface area contributed by atoms with E-state index < -0.39 is 0 Å². The van der Waals surface area contributed by atoms with Crippen LogP contribution in [0, 0.1) is 5.82 Å². The quantitative estimate of drug-likeness (QED) is 0.848. The number of likely N-dealkylation sites (N-methyl/N-ethyl adjacent to an activating group) is 1. The molecule has 0 aliphatic heterocycles. The van der Waals surface area contributed by atoms with Crippen molar-refractivity contribution in [1.82, 2.24) is 10.2 Å². The molecule has 3 rings (SSSR count). The molecular weight excluding hydrogens is 239 g/mol. The standard InChI is InChI=1S/C16H23FN2/c1-2-19(14-5-6-14)10-9-18-16-8-3-12-11-13(17)4-7-15(12)16/h4,7,11,14,16,18H,2-3,5-6,8-10H2,1H3. The van der Waals surface area contributed by atoms with Crippen LogP contribution in [0.5, 0.6) is 0 Å². The SMILES string of the molecule is CCN(CCNC1CCc2cc(F)ccc21)C1CC1. The van der Waals surface area contributed by atoms with Crippen LogP contribution in [-0.2, 0) is 6.42 Å². The molecule has 0 radical (unpaired) electrons. The monoisotopic (exact) mass is 262 g/mol. The van der Waals surface area contributed by atoms with Crippen molar-refractivity contribution in [2.45, 2.75) is 44.7 Å². The van der Waals surface area contributed by atoms with E-state index in [9.17, 15) is 4.39 Å². The van der Waals surface area contributed by atoms with E-state index in [0.717, 1.165) is 38.5 Å². The molecule has 19 heavy (non-hydrogen) atoms. The van der Waals surface area contributed by atoms with Crippen LogP contribution in [0.4, 0.5) is 4.39 Å². The Balaban J connectivity index is 1.52. The summed E-state index contributed by atoms with van der Waals surface area (Å²) in [6.45, 7) is 5.56. The van der Waals surface area contributed by atoms with E-state index in [-0.39, 0.29) is 5.82 Å². The summed E-state index contributed by atoms with van der Waals surface area (Å²) in [5.41, 5.74) is 2.49. The Hall–Kier alpha value is -0.930. The van der Waals surface area contributed by atoms with Gasteiger partial charge in [-0.2, -0.15) is 0 Å². The summed E-state index contributed by atoms with van der Waals surface area (Å²) in [7, 11) is 0. The predicted octanol–water partition coefficient (Wildman–Crippen LogP) is 2.89. The molecule has 1 atom stereocenters. The molecule has 2 aliphatic carbocycles. The highest BCUT2D eigenvalue weighted by atomic mass is 19.1. The second-order valence-electron chi connectivity index (χ2n) is 5.75. The molecular formula is C16H23FN2. The maximum atomic E-state index is 13.2. The first-order chi connectivity index (χ1) is 9.28. The zero-order valence-electron chi connectivity index (χ0n) is 11.7. The highest BCUT2D eigenvalue weighted by Crippen LogP contribution is 2.31. The number of nitrogens with zero attached hydrogens (tertiary/aromatic N) is 1. The van der Waals surface area contributed by atoms with Crippen LogP contribution in [-0.4, -0.2) is 30.6 Å². The van der Waals surface area contributed by atoms with Crippen molar-refractivity contribution in [3.63, 3.8) is 0 Å². The van der Waals surface area contributed by atoms with Gasteiger partial charge in [-0.1, -0.05) is 13.0 Å². The minimum absolute atomic E-state index is 0.106. The zero-order valence-corrected chi connectivity index (χ0v) is 11.7. The van der Waals surface area contributed by atoms with E-state index in [1.54, 1.807) is 12.1 Å². The van der Waals surface area contributed by atoms with Gasteiger partial charge in [-0.15, -0.1) is 0 Å².